The molecule has 26 heavy (non-hydrogen) atoms. The molecule has 0 aliphatic heterocycles. The SMILES string of the molecule is COc1cc(-c2nc3ccccc3[nH]2)ccc1OCc1ccc(Cl)cc1. The molecule has 1 heterocycles. The van der Waals surface area contributed by atoms with Crippen LogP contribution in [0.25, 0.3) is 22.4 Å². The topological polar surface area (TPSA) is 47.1 Å². The van der Waals surface area contributed by atoms with Crippen LogP contribution in [0.4, 0.5) is 0 Å². The molecule has 4 nitrogen and oxygen atoms in total. The summed E-state index contributed by atoms with van der Waals surface area (Å²) >= 11 is 5.91. The highest BCUT2D eigenvalue weighted by atomic mass is 35.5. The minimum absolute atomic E-state index is 0.442. The summed E-state index contributed by atoms with van der Waals surface area (Å²) < 4.78 is 11.4. The summed E-state index contributed by atoms with van der Waals surface area (Å²) in [5, 5.41) is 0.710. The zero-order chi connectivity index (χ0) is 17.9. The zero-order valence-electron chi connectivity index (χ0n) is 14.2. The van der Waals surface area contributed by atoms with Crippen LogP contribution in [0.2, 0.25) is 5.02 Å². The average molecular weight is 365 g/mol. The number of benzene rings is 3. The van der Waals surface area contributed by atoms with Crippen molar-refractivity contribution in [3.8, 4) is 22.9 Å². The number of H-pyrrole nitrogens is 1. The van der Waals surface area contributed by atoms with E-state index < -0.39 is 0 Å². The molecule has 0 bridgehead atoms. The van der Waals surface area contributed by atoms with Gasteiger partial charge in [0.2, 0.25) is 0 Å². The van der Waals surface area contributed by atoms with Gasteiger partial charge in [0, 0.05) is 10.6 Å². The highest BCUT2D eigenvalue weighted by Crippen LogP contribution is 2.32. The Morgan fingerprint density at radius 2 is 1.77 bits per heavy atom. The van der Waals surface area contributed by atoms with Gasteiger partial charge in [0.25, 0.3) is 0 Å². The lowest BCUT2D eigenvalue weighted by Crippen LogP contribution is -1.98. The molecule has 0 spiro atoms. The van der Waals surface area contributed by atoms with Crippen molar-refractivity contribution in [3.05, 3.63) is 77.3 Å². The standard InChI is InChI=1S/C21H17ClN2O2/c1-25-20-12-15(21-23-17-4-2-3-5-18(17)24-21)8-11-19(20)26-13-14-6-9-16(22)10-7-14/h2-12H,13H2,1H3,(H,23,24). The average Bonchev–Trinajstić information content (AvgIpc) is 3.11. The summed E-state index contributed by atoms with van der Waals surface area (Å²) in [5.41, 5.74) is 3.92. The zero-order valence-corrected chi connectivity index (χ0v) is 15.0. The molecule has 0 saturated heterocycles. The van der Waals surface area contributed by atoms with Gasteiger partial charge in [0.1, 0.15) is 12.4 Å². The van der Waals surface area contributed by atoms with Crippen molar-refractivity contribution >= 4 is 22.6 Å². The maximum Gasteiger partial charge on any atom is 0.161 e. The molecule has 3 aromatic carbocycles. The highest BCUT2D eigenvalue weighted by molar-refractivity contribution is 6.30. The Kier molecular flexibility index (Phi) is 4.50. The van der Waals surface area contributed by atoms with E-state index in [9.17, 15) is 0 Å². The van der Waals surface area contributed by atoms with E-state index in [-0.39, 0.29) is 0 Å². The minimum Gasteiger partial charge on any atom is -0.493 e. The first-order valence-electron chi connectivity index (χ1n) is 8.23. The van der Waals surface area contributed by atoms with Crippen LogP contribution in [0.3, 0.4) is 0 Å². The molecule has 0 aliphatic carbocycles. The molecule has 0 unspecified atom stereocenters. The normalized spacial score (nSPS) is 10.8. The van der Waals surface area contributed by atoms with E-state index in [2.05, 4.69) is 9.97 Å². The number of aromatic nitrogens is 2. The molecule has 1 N–H and O–H groups in total. The van der Waals surface area contributed by atoms with E-state index in [1.807, 2.05) is 66.7 Å². The second-order valence-corrected chi connectivity index (χ2v) is 6.32. The Bertz CT molecular complexity index is 1010. The first kappa shape index (κ1) is 16.5. The van der Waals surface area contributed by atoms with Crippen molar-refractivity contribution in [3.63, 3.8) is 0 Å². The van der Waals surface area contributed by atoms with Crippen molar-refractivity contribution in [2.24, 2.45) is 0 Å². The van der Waals surface area contributed by atoms with Crippen LogP contribution in [0.15, 0.2) is 66.7 Å². The fourth-order valence-electron chi connectivity index (χ4n) is 2.77. The van der Waals surface area contributed by atoms with Crippen LogP contribution in [-0.4, -0.2) is 17.1 Å². The number of para-hydroxylation sites is 2. The second-order valence-electron chi connectivity index (χ2n) is 5.88. The van der Waals surface area contributed by atoms with E-state index in [0.29, 0.717) is 23.1 Å². The van der Waals surface area contributed by atoms with Crippen molar-refractivity contribution in [1.29, 1.82) is 0 Å². The lowest BCUT2D eigenvalue weighted by atomic mass is 10.2. The number of hydrogen-bond acceptors (Lipinski definition) is 3. The van der Waals surface area contributed by atoms with Crippen molar-refractivity contribution < 1.29 is 9.47 Å². The predicted octanol–water partition coefficient (Wildman–Crippen LogP) is 5.47. The first-order valence-corrected chi connectivity index (χ1v) is 8.61. The van der Waals surface area contributed by atoms with E-state index >= 15 is 0 Å². The summed E-state index contributed by atoms with van der Waals surface area (Å²) in [7, 11) is 1.63. The van der Waals surface area contributed by atoms with Crippen LogP contribution in [0, 0.1) is 0 Å². The number of fused-ring (bicyclic) bond motifs is 1. The van der Waals surface area contributed by atoms with Crippen molar-refractivity contribution in [1.82, 2.24) is 9.97 Å². The van der Waals surface area contributed by atoms with Crippen LogP contribution in [-0.2, 0) is 6.61 Å². The number of aromatic amines is 1. The monoisotopic (exact) mass is 364 g/mol. The molecule has 4 aromatic rings. The first-order chi connectivity index (χ1) is 12.7. The van der Waals surface area contributed by atoms with E-state index in [0.717, 1.165) is 28.0 Å². The van der Waals surface area contributed by atoms with Gasteiger partial charge in [-0.3, -0.25) is 0 Å². The Balaban J connectivity index is 1.58. The van der Waals surface area contributed by atoms with Crippen LogP contribution in [0.5, 0.6) is 11.5 Å². The fourth-order valence-corrected chi connectivity index (χ4v) is 2.89. The lowest BCUT2D eigenvalue weighted by Gasteiger charge is -2.12. The third kappa shape index (κ3) is 3.37. The number of methoxy groups -OCH3 is 1. The highest BCUT2D eigenvalue weighted by Gasteiger charge is 2.10. The van der Waals surface area contributed by atoms with Crippen molar-refractivity contribution in [2.45, 2.75) is 6.61 Å². The van der Waals surface area contributed by atoms with Gasteiger partial charge in [0.15, 0.2) is 11.5 Å². The Hall–Kier alpha value is -2.98. The Morgan fingerprint density at radius 3 is 2.54 bits per heavy atom. The van der Waals surface area contributed by atoms with Gasteiger partial charge in [-0.1, -0.05) is 35.9 Å². The molecule has 5 heteroatoms. The second kappa shape index (κ2) is 7.10. The van der Waals surface area contributed by atoms with E-state index in [4.69, 9.17) is 21.1 Å². The van der Waals surface area contributed by atoms with Crippen LogP contribution >= 0.6 is 11.6 Å². The molecule has 4 rings (SSSR count). The van der Waals surface area contributed by atoms with Crippen LogP contribution in [0.1, 0.15) is 5.56 Å². The molecule has 0 aliphatic rings. The fraction of sp³-hybridized carbons (Fsp3) is 0.0952. The van der Waals surface area contributed by atoms with Gasteiger partial charge in [-0.25, -0.2) is 4.98 Å². The predicted molar refractivity (Wildman–Crippen MR) is 104 cm³/mol. The maximum atomic E-state index is 5.91. The van der Waals surface area contributed by atoms with E-state index in [1.54, 1.807) is 7.11 Å². The summed E-state index contributed by atoms with van der Waals surface area (Å²) in [6.07, 6.45) is 0. The number of halogens is 1. The van der Waals surface area contributed by atoms with Gasteiger partial charge in [-0.15, -0.1) is 0 Å². The van der Waals surface area contributed by atoms with E-state index in [1.165, 1.54) is 0 Å². The lowest BCUT2D eigenvalue weighted by molar-refractivity contribution is 0.284. The van der Waals surface area contributed by atoms with Gasteiger partial charge < -0.3 is 14.5 Å². The molecular formula is C21H17ClN2O2. The number of imidazole rings is 1. The van der Waals surface area contributed by atoms with Gasteiger partial charge >= 0.3 is 0 Å². The summed E-state index contributed by atoms with van der Waals surface area (Å²) in [5.74, 6) is 2.15. The molecular weight excluding hydrogens is 348 g/mol. The summed E-state index contributed by atoms with van der Waals surface area (Å²) in [4.78, 5) is 7.95. The third-order valence-electron chi connectivity index (χ3n) is 4.13. The smallest absolute Gasteiger partial charge is 0.161 e. The summed E-state index contributed by atoms with van der Waals surface area (Å²) in [6, 6.07) is 21.3. The number of hydrogen-bond donors (Lipinski definition) is 1. The van der Waals surface area contributed by atoms with Crippen LogP contribution < -0.4 is 9.47 Å². The number of ether oxygens (including phenoxy) is 2. The Labute approximate surface area is 156 Å². The van der Waals surface area contributed by atoms with Crippen molar-refractivity contribution in [2.75, 3.05) is 7.11 Å². The minimum atomic E-state index is 0.442. The maximum absolute atomic E-state index is 5.91. The number of nitrogens with zero attached hydrogens (tertiary/aromatic N) is 1. The largest absolute Gasteiger partial charge is 0.493 e. The molecule has 0 radical (unpaired) electrons. The number of nitrogens with one attached hydrogen (secondary N) is 1. The van der Waals surface area contributed by atoms with Gasteiger partial charge in [0.05, 0.1) is 18.1 Å². The van der Waals surface area contributed by atoms with Gasteiger partial charge in [-0.05, 0) is 48.0 Å². The molecule has 1 aromatic heterocycles. The third-order valence-corrected chi connectivity index (χ3v) is 4.39. The molecule has 0 fully saturated rings. The van der Waals surface area contributed by atoms with Gasteiger partial charge in [-0.2, -0.15) is 0 Å². The Morgan fingerprint density at radius 1 is 0.962 bits per heavy atom. The molecule has 130 valence electrons. The number of rotatable bonds is 5. The molecule has 0 atom stereocenters. The molecule has 0 amide bonds. The molecule has 0 saturated carbocycles. The quantitative estimate of drug-likeness (QED) is 0.510. The summed E-state index contributed by atoms with van der Waals surface area (Å²) in [6.45, 7) is 0.442.